The van der Waals surface area contributed by atoms with Crippen LogP contribution < -0.4 is 14.2 Å². The maximum absolute atomic E-state index is 12.7. The second-order valence-corrected chi connectivity index (χ2v) is 10.6. The van der Waals surface area contributed by atoms with E-state index in [1.165, 1.54) is 25.3 Å². The Morgan fingerprint density at radius 3 is 2.37 bits per heavy atom. The lowest BCUT2D eigenvalue weighted by atomic mass is 9.99. The molecule has 8 nitrogen and oxygen atoms in total. The molecule has 0 unspecified atom stereocenters. The fourth-order valence-electron chi connectivity index (χ4n) is 2.82. The molecule has 0 radical (unpaired) electrons. The lowest BCUT2D eigenvalue weighted by molar-refractivity contribution is 0.402. The van der Waals surface area contributed by atoms with Crippen LogP contribution in [-0.2, 0) is 26.5 Å². The Morgan fingerprint density at radius 1 is 1.10 bits per heavy atom. The molecule has 0 fully saturated rings. The number of methoxy groups -OCH3 is 1. The van der Waals surface area contributed by atoms with Crippen molar-refractivity contribution in [2.45, 2.75) is 31.1 Å². The summed E-state index contributed by atoms with van der Waals surface area (Å²) in [5.74, 6) is 0.333. The van der Waals surface area contributed by atoms with E-state index in [2.05, 4.69) is 9.44 Å². The maximum atomic E-state index is 12.7. The largest absolute Gasteiger partial charge is 0.495 e. The number of anilines is 1. The SMILES string of the molecule is COc1ccc(C#N)cc1S(=O)(=O)NCCc1ccc(C(C)C)cc1NS(C)(=O)=O. The zero-order valence-corrected chi connectivity index (χ0v) is 18.9. The number of sulfonamides is 2. The molecular formula is C20H25N3O5S2. The van der Waals surface area contributed by atoms with Crippen molar-refractivity contribution in [3.63, 3.8) is 0 Å². The Kier molecular flexibility index (Phi) is 7.47. The van der Waals surface area contributed by atoms with Crippen LogP contribution in [0, 0.1) is 11.3 Å². The zero-order valence-electron chi connectivity index (χ0n) is 17.3. The number of nitrogens with one attached hydrogen (secondary N) is 2. The van der Waals surface area contributed by atoms with Gasteiger partial charge in [-0.05, 0) is 47.7 Å². The highest BCUT2D eigenvalue weighted by Crippen LogP contribution is 2.26. The van der Waals surface area contributed by atoms with Crippen molar-refractivity contribution in [2.75, 3.05) is 24.6 Å². The van der Waals surface area contributed by atoms with Crippen LogP contribution in [0.1, 0.15) is 36.5 Å². The second-order valence-electron chi connectivity index (χ2n) is 7.07. The summed E-state index contributed by atoms with van der Waals surface area (Å²) >= 11 is 0. The highest BCUT2D eigenvalue weighted by molar-refractivity contribution is 7.92. The number of hydrogen-bond donors (Lipinski definition) is 2. The standard InChI is InChI=1S/C20H25N3O5S2/c1-14(2)17-7-6-16(18(12-17)23-29(4,24)25)9-10-22-30(26,27)20-11-15(13-21)5-8-19(20)28-3/h5-8,11-12,14,22-23H,9-10H2,1-4H3. The minimum atomic E-state index is -3.94. The van der Waals surface area contributed by atoms with Crippen LogP contribution >= 0.6 is 0 Å². The Hall–Kier alpha value is -2.61. The fraction of sp³-hybridized carbons (Fsp3) is 0.350. The van der Waals surface area contributed by atoms with Crippen molar-refractivity contribution in [1.29, 1.82) is 5.26 Å². The van der Waals surface area contributed by atoms with Gasteiger partial charge in [0.2, 0.25) is 20.0 Å². The lowest BCUT2D eigenvalue weighted by Gasteiger charge is -2.15. The average Bonchev–Trinajstić information content (AvgIpc) is 2.67. The maximum Gasteiger partial charge on any atom is 0.244 e. The predicted molar refractivity (Wildman–Crippen MR) is 116 cm³/mol. The van der Waals surface area contributed by atoms with E-state index in [1.54, 1.807) is 12.1 Å². The molecule has 0 saturated carbocycles. The van der Waals surface area contributed by atoms with Gasteiger partial charge in [0, 0.05) is 6.54 Å². The summed E-state index contributed by atoms with van der Waals surface area (Å²) in [6.45, 7) is 4.02. The minimum Gasteiger partial charge on any atom is -0.495 e. The predicted octanol–water partition coefficient (Wildman–Crippen LogP) is 2.58. The highest BCUT2D eigenvalue weighted by Gasteiger charge is 2.20. The molecular weight excluding hydrogens is 426 g/mol. The Labute approximate surface area is 178 Å². The highest BCUT2D eigenvalue weighted by atomic mass is 32.2. The van der Waals surface area contributed by atoms with Gasteiger partial charge in [-0.15, -0.1) is 0 Å². The van der Waals surface area contributed by atoms with Gasteiger partial charge in [0.05, 0.1) is 30.7 Å². The molecule has 0 spiro atoms. The molecule has 0 aromatic heterocycles. The molecule has 10 heteroatoms. The van der Waals surface area contributed by atoms with Gasteiger partial charge in [0.25, 0.3) is 0 Å². The van der Waals surface area contributed by atoms with Crippen LogP contribution in [0.2, 0.25) is 0 Å². The number of hydrogen-bond acceptors (Lipinski definition) is 6. The van der Waals surface area contributed by atoms with Crippen molar-refractivity contribution >= 4 is 25.7 Å². The molecule has 2 aromatic carbocycles. The molecule has 0 heterocycles. The van der Waals surface area contributed by atoms with Gasteiger partial charge < -0.3 is 4.74 Å². The number of rotatable bonds is 9. The van der Waals surface area contributed by atoms with Crippen molar-refractivity contribution < 1.29 is 21.6 Å². The molecule has 2 rings (SSSR count). The summed E-state index contributed by atoms with van der Waals surface area (Å²) in [6.07, 6.45) is 1.33. The summed E-state index contributed by atoms with van der Waals surface area (Å²) in [6, 6.07) is 11.5. The minimum absolute atomic E-state index is 0.0295. The number of ether oxygens (including phenoxy) is 1. The number of nitriles is 1. The van der Waals surface area contributed by atoms with Crippen LogP contribution in [0.3, 0.4) is 0 Å². The van der Waals surface area contributed by atoms with E-state index >= 15 is 0 Å². The zero-order chi connectivity index (χ0) is 22.5. The van der Waals surface area contributed by atoms with Gasteiger partial charge >= 0.3 is 0 Å². The van der Waals surface area contributed by atoms with E-state index in [0.717, 1.165) is 11.8 Å². The fourth-order valence-corrected chi connectivity index (χ4v) is 4.63. The molecule has 0 aliphatic heterocycles. The second kappa shape index (κ2) is 9.47. The summed E-state index contributed by atoms with van der Waals surface area (Å²) in [5.41, 5.74) is 2.24. The first-order chi connectivity index (χ1) is 14.0. The number of nitrogens with zero attached hydrogens (tertiary/aromatic N) is 1. The molecule has 2 N–H and O–H groups in total. The quantitative estimate of drug-likeness (QED) is 0.604. The van der Waals surface area contributed by atoms with E-state index in [-0.39, 0.29) is 35.1 Å². The average molecular weight is 452 g/mol. The van der Waals surface area contributed by atoms with Crippen LogP contribution in [0.4, 0.5) is 5.69 Å². The monoisotopic (exact) mass is 451 g/mol. The summed E-state index contributed by atoms with van der Waals surface area (Å²) in [7, 11) is -6.08. The molecule has 0 amide bonds. The molecule has 0 aliphatic carbocycles. The molecule has 2 aromatic rings. The van der Waals surface area contributed by atoms with Gasteiger partial charge in [0.15, 0.2) is 0 Å². The van der Waals surface area contributed by atoms with Gasteiger partial charge in [-0.3, -0.25) is 4.72 Å². The third kappa shape index (κ3) is 6.19. The van der Waals surface area contributed by atoms with Crippen LogP contribution in [0.15, 0.2) is 41.3 Å². The summed E-state index contributed by atoms with van der Waals surface area (Å²) in [4.78, 5) is -0.131. The third-order valence-electron chi connectivity index (χ3n) is 4.36. The Bertz CT molecular complexity index is 1170. The molecule has 30 heavy (non-hydrogen) atoms. The smallest absolute Gasteiger partial charge is 0.244 e. The Balaban J connectivity index is 2.25. The lowest BCUT2D eigenvalue weighted by Crippen LogP contribution is -2.27. The molecule has 0 saturated heterocycles. The summed E-state index contributed by atoms with van der Waals surface area (Å²) in [5, 5.41) is 9.04. The van der Waals surface area contributed by atoms with Crippen molar-refractivity contribution in [2.24, 2.45) is 0 Å². The van der Waals surface area contributed by atoms with Crippen molar-refractivity contribution in [1.82, 2.24) is 4.72 Å². The van der Waals surface area contributed by atoms with E-state index in [9.17, 15) is 16.8 Å². The van der Waals surface area contributed by atoms with Crippen LogP contribution in [-0.4, -0.2) is 36.7 Å². The topological polar surface area (TPSA) is 125 Å². The van der Waals surface area contributed by atoms with Gasteiger partial charge in [-0.25, -0.2) is 21.6 Å². The number of benzene rings is 2. The van der Waals surface area contributed by atoms with Crippen molar-refractivity contribution in [3.05, 3.63) is 53.1 Å². The normalized spacial score (nSPS) is 11.9. The summed E-state index contributed by atoms with van der Waals surface area (Å²) < 4.78 is 59.0. The first-order valence-electron chi connectivity index (χ1n) is 9.15. The van der Waals surface area contributed by atoms with E-state index in [0.29, 0.717) is 11.3 Å². The van der Waals surface area contributed by atoms with Gasteiger partial charge in [-0.2, -0.15) is 5.26 Å². The van der Waals surface area contributed by atoms with E-state index in [4.69, 9.17) is 10.00 Å². The molecule has 0 bridgehead atoms. The third-order valence-corrected chi connectivity index (χ3v) is 6.44. The van der Waals surface area contributed by atoms with E-state index < -0.39 is 20.0 Å². The molecule has 162 valence electrons. The van der Waals surface area contributed by atoms with Gasteiger partial charge in [-0.1, -0.05) is 26.0 Å². The van der Waals surface area contributed by atoms with Gasteiger partial charge in [0.1, 0.15) is 10.6 Å². The first-order valence-corrected chi connectivity index (χ1v) is 12.5. The molecule has 0 aliphatic rings. The van der Waals surface area contributed by atoms with Crippen LogP contribution in [0.25, 0.3) is 0 Å². The van der Waals surface area contributed by atoms with Crippen LogP contribution in [0.5, 0.6) is 5.75 Å². The van der Waals surface area contributed by atoms with Crippen molar-refractivity contribution in [3.8, 4) is 11.8 Å². The molecule has 0 atom stereocenters. The Morgan fingerprint density at radius 2 is 1.80 bits per heavy atom. The first kappa shape index (κ1) is 23.7. The van der Waals surface area contributed by atoms with E-state index in [1.807, 2.05) is 26.0 Å².